The van der Waals surface area contributed by atoms with Crippen molar-refractivity contribution in [2.45, 2.75) is 32.5 Å². The Labute approximate surface area is 157 Å². The molecule has 0 bridgehead atoms. The van der Waals surface area contributed by atoms with Gasteiger partial charge in [0.1, 0.15) is 0 Å². The molecule has 0 spiro atoms. The molecule has 144 valence electrons. The standard InChI is InChI=1S/C21H23F3N2O/c1-15-5-4-12-26(13-15)14-16-8-10-17(11-9-16)25-20(27)18-6-2-3-7-19(18)21(22,23)24/h2-3,6-11,15H,4-5,12-14H2,1H3,(H,25,27). The molecule has 3 rings (SSSR count). The summed E-state index contributed by atoms with van der Waals surface area (Å²) >= 11 is 0. The van der Waals surface area contributed by atoms with Crippen LogP contribution in [0.15, 0.2) is 48.5 Å². The van der Waals surface area contributed by atoms with Crippen LogP contribution in [0, 0.1) is 5.92 Å². The maximum Gasteiger partial charge on any atom is 0.417 e. The minimum atomic E-state index is -4.57. The molecule has 2 aromatic carbocycles. The van der Waals surface area contributed by atoms with Crippen molar-refractivity contribution < 1.29 is 18.0 Å². The van der Waals surface area contributed by atoms with Crippen molar-refractivity contribution >= 4 is 11.6 Å². The van der Waals surface area contributed by atoms with Crippen molar-refractivity contribution in [2.75, 3.05) is 18.4 Å². The summed E-state index contributed by atoms with van der Waals surface area (Å²) in [7, 11) is 0. The van der Waals surface area contributed by atoms with Crippen LogP contribution in [-0.4, -0.2) is 23.9 Å². The Bertz CT molecular complexity index is 787. The average Bonchev–Trinajstić information content (AvgIpc) is 2.63. The van der Waals surface area contributed by atoms with Crippen molar-refractivity contribution in [1.82, 2.24) is 4.90 Å². The quantitative estimate of drug-likeness (QED) is 0.796. The van der Waals surface area contributed by atoms with Gasteiger partial charge in [-0.05, 0) is 55.1 Å². The van der Waals surface area contributed by atoms with Gasteiger partial charge < -0.3 is 5.32 Å². The molecule has 6 heteroatoms. The molecule has 1 aliphatic heterocycles. The smallest absolute Gasteiger partial charge is 0.322 e. The molecule has 0 aliphatic carbocycles. The molecule has 1 aliphatic rings. The van der Waals surface area contributed by atoms with Crippen molar-refractivity contribution in [1.29, 1.82) is 0 Å². The first-order valence-electron chi connectivity index (χ1n) is 9.12. The highest BCUT2D eigenvalue weighted by Crippen LogP contribution is 2.32. The van der Waals surface area contributed by atoms with Crippen LogP contribution in [0.5, 0.6) is 0 Å². The number of amides is 1. The molecular weight excluding hydrogens is 353 g/mol. The molecule has 1 N–H and O–H groups in total. The van der Waals surface area contributed by atoms with Gasteiger partial charge in [-0.25, -0.2) is 0 Å². The highest BCUT2D eigenvalue weighted by molar-refractivity contribution is 6.05. The fourth-order valence-electron chi connectivity index (χ4n) is 3.51. The number of carbonyl (C=O) groups excluding carboxylic acids is 1. The lowest BCUT2D eigenvalue weighted by molar-refractivity contribution is -0.137. The second-order valence-corrected chi connectivity index (χ2v) is 7.18. The average molecular weight is 376 g/mol. The van der Waals surface area contributed by atoms with E-state index in [1.54, 1.807) is 12.1 Å². The van der Waals surface area contributed by atoms with Crippen LogP contribution >= 0.6 is 0 Å². The molecule has 27 heavy (non-hydrogen) atoms. The van der Waals surface area contributed by atoms with E-state index >= 15 is 0 Å². The molecule has 1 fully saturated rings. The third-order valence-electron chi connectivity index (χ3n) is 4.84. The summed E-state index contributed by atoms with van der Waals surface area (Å²) in [4.78, 5) is 14.7. The number of benzene rings is 2. The van der Waals surface area contributed by atoms with E-state index in [1.165, 1.54) is 31.0 Å². The van der Waals surface area contributed by atoms with Crippen LogP contribution in [-0.2, 0) is 12.7 Å². The Kier molecular flexibility index (Phi) is 5.85. The fourth-order valence-corrected chi connectivity index (χ4v) is 3.51. The summed E-state index contributed by atoms with van der Waals surface area (Å²) in [5.74, 6) is -0.0634. The predicted octanol–water partition coefficient (Wildman–Crippen LogP) is 5.19. The first-order chi connectivity index (χ1) is 12.8. The van der Waals surface area contributed by atoms with Crippen molar-refractivity contribution in [3.05, 3.63) is 65.2 Å². The van der Waals surface area contributed by atoms with Gasteiger partial charge in [-0.2, -0.15) is 13.2 Å². The van der Waals surface area contributed by atoms with E-state index in [0.717, 1.165) is 31.3 Å². The number of hydrogen-bond donors (Lipinski definition) is 1. The Morgan fingerprint density at radius 2 is 1.85 bits per heavy atom. The van der Waals surface area contributed by atoms with Crippen LogP contribution in [0.2, 0.25) is 0 Å². The highest BCUT2D eigenvalue weighted by Gasteiger charge is 2.34. The Hall–Kier alpha value is -2.34. The number of piperidine rings is 1. The molecule has 0 saturated carbocycles. The summed E-state index contributed by atoms with van der Waals surface area (Å²) in [6.07, 6.45) is -2.10. The summed E-state index contributed by atoms with van der Waals surface area (Å²) in [6, 6.07) is 12.1. The molecule has 1 unspecified atom stereocenters. The number of nitrogens with zero attached hydrogens (tertiary/aromatic N) is 1. The molecule has 2 aromatic rings. The minimum absolute atomic E-state index is 0.378. The maximum atomic E-state index is 13.1. The molecule has 0 radical (unpaired) electrons. The van der Waals surface area contributed by atoms with Gasteiger partial charge in [0.05, 0.1) is 11.1 Å². The van der Waals surface area contributed by atoms with Gasteiger partial charge in [-0.15, -0.1) is 0 Å². The maximum absolute atomic E-state index is 13.1. The second kappa shape index (κ2) is 8.13. The zero-order chi connectivity index (χ0) is 19.4. The Morgan fingerprint density at radius 3 is 2.52 bits per heavy atom. The number of likely N-dealkylation sites (tertiary alicyclic amines) is 1. The second-order valence-electron chi connectivity index (χ2n) is 7.18. The number of alkyl halides is 3. The van der Waals surface area contributed by atoms with Crippen LogP contribution in [0.25, 0.3) is 0 Å². The topological polar surface area (TPSA) is 32.3 Å². The molecule has 1 heterocycles. The van der Waals surface area contributed by atoms with Gasteiger partial charge in [0, 0.05) is 18.8 Å². The summed E-state index contributed by atoms with van der Waals surface area (Å²) < 4.78 is 39.2. The number of hydrogen-bond acceptors (Lipinski definition) is 2. The first-order valence-corrected chi connectivity index (χ1v) is 9.12. The van der Waals surface area contributed by atoms with E-state index in [2.05, 4.69) is 17.1 Å². The number of halogens is 3. The third-order valence-corrected chi connectivity index (χ3v) is 4.84. The van der Waals surface area contributed by atoms with Crippen LogP contribution in [0.4, 0.5) is 18.9 Å². The Morgan fingerprint density at radius 1 is 1.15 bits per heavy atom. The van der Waals surface area contributed by atoms with E-state index in [1.807, 2.05) is 12.1 Å². The number of nitrogens with one attached hydrogen (secondary N) is 1. The van der Waals surface area contributed by atoms with E-state index < -0.39 is 17.6 Å². The van der Waals surface area contributed by atoms with Crippen LogP contribution < -0.4 is 5.32 Å². The molecule has 0 aromatic heterocycles. The third kappa shape index (κ3) is 5.10. The summed E-state index contributed by atoms with van der Waals surface area (Å²) in [6.45, 7) is 5.25. The van der Waals surface area contributed by atoms with Crippen molar-refractivity contribution in [2.24, 2.45) is 5.92 Å². The monoisotopic (exact) mass is 376 g/mol. The number of rotatable bonds is 4. The highest BCUT2D eigenvalue weighted by atomic mass is 19.4. The zero-order valence-electron chi connectivity index (χ0n) is 15.2. The fraction of sp³-hybridized carbons (Fsp3) is 0.381. The molecule has 3 nitrogen and oxygen atoms in total. The van der Waals surface area contributed by atoms with Gasteiger partial charge in [0.25, 0.3) is 5.91 Å². The molecular formula is C21H23F3N2O. The van der Waals surface area contributed by atoms with E-state index in [4.69, 9.17) is 0 Å². The minimum Gasteiger partial charge on any atom is -0.322 e. The molecule has 1 atom stereocenters. The number of anilines is 1. The lowest BCUT2D eigenvalue weighted by atomic mass is 10.00. The van der Waals surface area contributed by atoms with E-state index in [-0.39, 0.29) is 5.56 Å². The van der Waals surface area contributed by atoms with Crippen LogP contribution in [0.3, 0.4) is 0 Å². The molecule has 1 saturated heterocycles. The van der Waals surface area contributed by atoms with Gasteiger partial charge in [0.15, 0.2) is 0 Å². The predicted molar refractivity (Wildman–Crippen MR) is 99.5 cm³/mol. The lowest BCUT2D eigenvalue weighted by Gasteiger charge is -2.30. The summed E-state index contributed by atoms with van der Waals surface area (Å²) in [5.41, 5.74) is 0.292. The first kappa shape index (κ1) is 19.4. The van der Waals surface area contributed by atoms with Gasteiger partial charge in [-0.1, -0.05) is 31.2 Å². The molecule has 1 amide bonds. The Balaban J connectivity index is 1.66. The van der Waals surface area contributed by atoms with E-state index in [9.17, 15) is 18.0 Å². The number of carbonyl (C=O) groups is 1. The SMILES string of the molecule is CC1CCCN(Cc2ccc(NC(=O)c3ccccc3C(F)(F)F)cc2)C1. The lowest BCUT2D eigenvalue weighted by Crippen LogP contribution is -2.33. The van der Waals surface area contributed by atoms with Gasteiger partial charge >= 0.3 is 6.18 Å². The van der Waals surface area contributed by atoms with Crippen LogP contribution in [0.1, 0.15) is 41.3 Å². The van der Waals surface area contributed by atoms with Gasteiger partial charge in [-0.3, -0.25) is 9.69 Å². The van der Waals surface area contributed by atoms with Gasteiger partial charge in [0.2, 0.25) is 0 Å². The summed E-state index contributed by atoms with van der Waals surface area (Å²) in [5, 5.41) is 2.56. The largest absolute Gasteiger partial charge is 0.417 e. The normalized spacial score (nSPS) is 18.3. The van der Waals surface area contributed by atoms with Crippen molar-refractivity contribution in [3.63, 3.8) is 0 Å². The van der Waals surface area contributed by atoms with Crippen molar-refractivity contribution in [3.8, 4) is 0 Å². The van der Waals surface area contributed by atoms with E-state index in [0.29, 0.717) is 11.6 Å². The zero-order valence-corrected chi connectivity index (χ0v) is 15.2.